The first kappa shape index (κ1) is 23.3. The van der Waals surface area contributed by atoms with Crippen LogP contribution < -0.4 is 5.48 Å². The van der Waals surface area contributed by atoms with Gasteiger partial charge >= 0.3 is 0 Å². The molecule has 2 rings (SSSR count). The minimum atomic E-state index is -0.0223. The van der Waals surface area contributed by atoms with E-state index in [2.05, 4.69) is 36.4 Å². The lowest BCUT2D eigenvalue weighted by molar-refractivity contribution is -0.126. The lowest BCUT2D eigenvalue weighted by atomic mass is 9.73. The van der Waals surface area contributed by atoms with E-state index in [0.29, 0.717) is 43.1 Å². The maximum Gasteiger partial charge on any atom is 0.168 e. The van der Waals surface area contributed by atoms with Crippen LogP contribution >= 0.6 is 0 Å². The van der Waals surface area contributed by atoms with Crippen molar-refractivity contribution in [3.05, 3.63) is 48.2 Å². The summed E-state index contributed by atoms with van der Waals surface area (Å²) in [5.41, 5.74) is 3.81. The fourth-order valence-electron chi connectivity index (χ4n) is 4.33. The van der Waals surface area contributed by atoms with Crippen LogP contribution in [0.3, 0.4) is 0 Å². The van der Waals surface area contributed by atoms with E-state index >= 15 is 0 Å². The van der Waals surface area contributed by atoms with Gasteiger partial charge < -0.3 is 0 Å². The summed E-state index contributed by atoms with van der Waals surface area (Å²) in [4.78, 5) is 31.3. The highest BCUT2D eigenvalue weighted by Gasteiger charge is 2.36. The molecule has 4 nitrogen and oxygen atoms in total. The van der Waals surface area contributed by atoms with Crippen LogP contribution in [0.2, 0.25) is 0 Å². The first-order valence-corrected chi connectivity index (χ1v) is 11.3. The molecular formula is C25H37NO3. The van der Waals surface area contributed by atoms with Crippen molar-refractivity contribution in [3.63, 3.8) is 0 Å². The molecule has 0 aromatic carbocycles. The van der Waals surface area contributed by atoms with E-state index in [-0.39, 0.29) is 17.5 Å². The van der Waals surface area contributed by atoms with E-state index in [1.54, 1.807) is 6.08 Å². The summed E-state index contributed by atoms with van der Waals surface area (Å²) in [6.45, 7) is 5.98. The maximum atomic E-state index is 13.0. The fourth-order valence-corrected chi connectivity index (χ4v) is 4.33. The number of carbonyl (C=O) groups is 2. The number of ketones is 2. The smallest absolute Gasteiger partial charge is 0.168 e. The molecule has 1 N–H and O–H groups in total. The zero-order chi connectivity index (χ0) is 20.9. The maximum absolute atomic E-state index is 13.0. The summed E-state index contributed by atoms with van der Waals surface area (Å²) in [7, 11) is 0. The average molecular weight is 400 g/mol. The second-order valence-electron chi connectivity index (χ2n) is 8.11. The van der Waals surface area contributed by atoms with Crippen LogP contribution in [0.5, 0.6) is 0 Å². The number of hydroxylamine groups is 1. The molecule has 2 aliphatic rings. The zero-order valence-corrected chi connectivity index (χ0v) is 18.0. The van der Waals surface area contributed by atoms with Crippen LogP contribution in [0.1, 0.15) is 77.6 Å². The number of hydrogen-bond donors (Lipinski definition) is 1. The molecule has 1 fully saturated rings. The van der Waals surface area contributed by atoms with Crippen molar-refractivity contribution < 1.29 is 14.4 Å². The lowest BCUT2D eigenvalue weighted by Crippen LogP contribution is -2.33. The quantitative estimate of drug-likeness (QED) is 0.194. The molecule has 0 aromatic rings. The molecular weight excluding hydrogens is 362 g/mol. The van der Waals surface area contributed by atoms with Gasteiger partial charge in [0.2, 0.25) is 0 Å². The Morgan fingerprint density at radius 3 is 2.34 bits per heavy atom. The van der Waals surface area contributed by atoms with Crippen LogP contribution in [-0.2, 0) is 14.4 Å². The van der Waals surface area contributed by atoms with Gasteiger partial charge in [0.15, 0.2) is 11.6 Å². The molecule has 1 atom stereocenters. The summed E-state index contributed by atoms with van der Waals surface area (Å²) >= 11 is 0. The minimum absolute atomic E-state index is 0.0223. The Morgan fingerprint density at radius 2 is 1.69 bits per heavy atom. The Balaban J connectivity index is 2.09. The Bertz CT molecular complexity index is 624. The number of rotatable bonds is 7. The molecule has 1 unspecified atom stereocenters. The first-order valence-electron chi connectivity index (χ1n) is 11.3. The van der Waals surface area contributed by atoms with Crippen molar-refractivity contribution in [3.8, 4) is 0 Å². The number of carbonyl (C=O) groups excluding carboxylic acids is 2. The SMILES string of the molecule is C=CCONC(CCC)=C1C(=O)CC(C2CC/C=C/CC/C=C/CCC2)CC1=O. The summed E-state index contributed by atoms with van der Waals surface area (Å²) < 4.78 is 0. The van der Waals surface area contributed by atoms with Crippen LogP contribution in [0.15, 0.2) is 48.2 Å². The van der Waals surface area contributed by atoms with Gasteiger partial charge in [-0.05, 0) is 63.2 Å². The van der Waals surface area contributed by atoms with Crippen LogP contribution in [0, 0.1) is 11.8 Å². The van der Waals surface area contributed by atoms with Gasteiger partial charge in [-0.2, -0.15) is 0 Å². The predicted octanol–water partition coefficient (Wildman–Crippen LogP) is 5.77. The van der Waals surface area contributed by atoms with Crippen molar-refractivity contribution in [2.45, 2.75) is 77.6 Å². The Morgan fingerprint density at radius 1 is 1.03 bits per heavy atom. The zero-order valence-electron chi connectivity index (χ0n) is 18.0. The third-order valence-corrected chi connectivity index (χ3v) is 5.80. The van der Waals surface area contributed by atoms with E-state index in [0.717, 1.165) is 51.4 Å². The molecule has 0 radical (unpaired) electrons. The normalized spacial score (nSPS) is 26.2. The highest BCUT2D eigenvalue weighted by molar-refractivity contribution is 6.22. The van der Waals surface area contributed by atoms with Crippen molar-refractivity contribution >= 4 is 11.6 Å². The van der Waals surface area contributed by atoms with Crippen molar-refractivity contribution in [1.29, 1.82) is 0 Å². The summed E-state index contributed by atoms with van der Waals surface area (Å²) in [6, 6.07) is 0. The molecule has 160 valence electrons. The highest BCUT2D eigenvalue weighted by Crippen LogP contribution is 2.35. The average Bonchev–Trinajstić information content (AvgIpc) is 2.68. The first-order chi connectivity index (χ1) is 14.2. The molecule has 2 aliphatic carbocycles. The van der Waals surface area contributed by atoms with Gasteiger partial charge in [-0.1, -0.05) is 43.7 Å². The summed E-state index contributed by atoms with van der Waals surface area (Å²) in [5, 5.41) is 0. The Hall–Kier alpha value is -1.94. The molecule has 4 heteroatoms. The van der Waals surface area contributed by atoms with Gasteiger partial charge in [0.05, 0.1) is 17.9 Å². The number of nitrogens with one attached hydrogen (secondary N) is 1. The number of Topliss-reactive ketones (excluding diaryl/α,β-unsaturated/α-hetero) is 2. The second kappa shape index (κ2) is 13.3. The molecule has 0 aliphatic heterocycles. The standard InChI is InChI=1S/C25H37NO3/c1-3-14-22(26-29-17-4-2)25-23(27)18-21(19-24(25)28)20-15-12-10-8-6-5-7-9-11-13-16-20/h4,6,8-9,11,20-21,26H,2-3,5,7,10,12-19H2,1H3/b8-6+,11-9+,25-22?. The molecule has 0 heterocycles. The van der Waals surface area contributed by atoms with Gasteiger partial charge in [-0.3, -0.25) is 19.9 Å². The molecule has 0 spiro atoms. The lowest BCUT2D eigenvalue weighted by Gasteiger charge is -2.31. The second-order valence-corrected chi connectivity index (χ2v) is 8.11. The molecule has 29 heavy (non-hydrogen) atoms. The summed E-state index contributed by atoms with van der Waals surface area (Å²) in [5.74, 6) is 0.550. The van der Waals surface area contributed by atoms with E-state index in [4.69, 9.17) is 4.84 Å². The van der Waals surface area contributed by atoms with E-state index in [9.17, 15) is 9.59 Å². The van der Waals surface area contributed by atoms with Crippen molar-refractivity contribution in [2.24, 2.45) is 11.8 Å². The van der Waals surface area contributed by atoms with Crippen molar-refractivity contribution in [1.82, 2.24) is 5.48 Å². The molecule has 0 amide bonds. The molecule has 0 saturated heterocycles. The van der Waals surface area contributed by atoms with E-state index in [1.807, 2.05) is 6.92 Å². The monoisotopic (exact) mass is 399 g/mol. The number of hydrogen-bond acceptors (Lipinski definition) is 4. The number of allylic oxidation sites excluding steroid dienone is 6. The van der Waals surface area contributed by atoms with Gasteiger partial charge in [0.1, 0.15) is 0 Å². The molecule has 1 saturated carbocycles. The van der Waals surface area contributed by atoms with Crippen molar-refractivity contribution in [2.75, 3.05) is 6.61 Å². The van der Waals surface area contributed by atoms with Gasteiger partial charge in [-0.15, -0.1) is 6.58 Å². The molecule has 0 bridgehead atoms. The van der Waals surface area contributed by atoms with Crippen LogP contribution in [-0.4, -0.2) is 18.2 Å². The third kappa shape index (κ3) is 7.77. The predicted molar refractivity (Wildman–Crippen MR) is 118 cm³/mol. The molecule has 0 aromatic heterocycles. The van der Waals surface area contributed by atoms with Gasteiger partial charge in [-0.25, -0.2) is 0 Å². The largest absolute Gasteiger partial charge is 0.294 e. The Labute approximate surface area is 176 Å². The summed E-state index contributed by atoms with van der Waals surface area (Å²) in [6.07, 6.45) is 20.7. The van der Waals surface area contributed by atoms with E-state index in [1.165, 1.54) is 0 Å². The third-order valence-electron chi connectivity index (χ3n) is 5.80. The van der Waals surface area contributed by atoms with Gasteiger partial charge in [0.25, 0.3) is 0 Å². The topological polar surface area (TPSA) is 55.4 Å². The van der Waals surface area contributed by atoms with Crippen LogP contribution in [0.4, 0.5) is 0 Å². The minimum Gasteiger partial charge on any atom is -0.294 e. The van der Waals surface area contributed by atoms with Crippen LogP contribution in [0.25, 0.3) is 0 Å². The Kier molecular flexibility index (Phi) is 10.7. The van der Waals surface area contributed by atoms with E-state index < -0.39 is 0 Å². The van der Waals surface area contributed by atoms with Gasteiger partial charge in [0, 0.05) is 12.8 Å². The fraction of sp³-hybridized carbons (Fsp3) is 0.600. The highest BCUT2D eigenvalue weighted by atomic mass is 16.6.